The predicted octanol–water partition coefficient (Wildman–Crippen LogP) is 2.57. The Hall–Kier alpha value is -2.31. The Labute approximate surface area is 141 Å². The molecule has 1 saturated heterocycles. The lowest BCUT2D eigenvalue weighted by atomic mass is 9.90. The Kier molecular flexibility index (Phi) is 4.34. The molecule has 0 radical (unpaired) electrons. The minimum Gasteiger partial charge on any atom is -0.419 e. The molecule has 3 heterocycles. The van der Waals surface area contributed by atoms with Gasteiger partial charge in [-0.25, -0.2) is 4.98 Å². The number of piperidine rings is 1. The maximum atomic E-state index is 11.8. The van der Waals surface area contributed by atoms with E-state index < -0.39 is 0 Å². The molecule has 0 spiro atoms. The van der Waals surface area contributed by atoms with Gasteiger partial charge >= 0.3 is 0 Å². The van der Waals surface area contributed by atoms with Crippen molar-refractivity contribution >= 4 is 5.91 Å². The zero-order valence-corrected chi connectivity index (χ0v) is 14.8. The van der Waals surface area contributed by atoms with Crippen LogP contribution >= 0.6 is 0 Å². The summed E-state index contributed by atoms with van der Waals surface area (Å²) < 4.78 is 5.92. The molecule has 0 bridgehead atoms. The van der Waals surface area contributed by atoms with Crippen LogP contribution in [0.3, 0.4) is 0 Å². The fourth-order valence-electron chi connectivity index (χ4n) is 3.32. The molecule has 0 saturated carbocycles. The summed E-state index contributed by atoms with van der Waals surface area (Å²) in [4.78, 5) is 22.7. The van der Waals surface area contributed by atoms with Crippen LogP contribution in [-0.4, -0.2) is 43.6 Å². The van der Waals surface area contributed by atoms with E-state index in [1.807, 2.05) is 32.6 Å². The van der Waals surface area contributed by atoms with Gasteiger partial charge in [0, 0.05) is 19.5 Å². The number of carbonyl (C=O) groups is 1. The zero-order valence-electron chi connectivity index (χ0n) is 14.8. The van der Waals surface area contributed by atoms with Gasteiger partial charge in [-0.3, -0.25) is 9.78 Å². The smallest absolute Gasteiger partial charge is 0.268 e. The second-order valence-corrected chi connectivity index (χ2v) is 6.48. The Balaban J connectivity index is 1.91. The molecule has 128 valence electrons. The summed E-state index contributed by atoms with van der Waals surface area (Å²) in [5, 5.41) is 8.41. The quantitative estimate of drug-likeness (QED) is 0.842. The van der Waals surface area contributed by atoms with E-state index in [4.69, 9.17) is 4.42 Å². The largest absolute Gasteiger partial charge is 0.419 e. The molecule has 7 heteroatoms. The highest BCUT2D eigenvalue weighted by Gasteiger charge is 2.34. The van der Waals surface area contributed by atoms with E-state index in [0.717, 1.165) is 36.5 Å². The third kappa shape index (κ3) is 2.90. The average molecular weight is 329 g/mol. The van der Waals surface area contributed by atoms with Crippen LogP contribution in [0.15, 0.2) is 4.42 Å². The second kappa shape index (κ2) is 6.30. The number of nitrogens with zero attached hydrogens (tertiary/aromatic N) is 5. The van der Waals surface area contributed by atoms with E-state index in [-0.39, 0.29) is 17.9 Å². The van der Waals surface area contributed by atoms with Crippen molar-refractivity contribution in [2.75, 3.05) is 6.54 Å². The fourth-order valence-corrected chi connectivity index (χ4v) is 3.32. The number of aromatic nitrogens is 4. The summed E-state index contributed by atoms with van der Waals surface area (Å²) in [6.45, 7) is 10.2. The normalized spacial score (nSPS) is 21.1. The topological polar surface area (TPSA) is 85.0 Å². The van der Waals surface area contributed by atoms with E-state index in [1.165, 1.54) is 0 Å². The SMILES string of the molecule is CC(=O)N1CCC[C@H](c2nnc(-c3nc(C)c(C)nc3C)o2)[C@@H]1C. The third-order valence-electron chi connectivity index (χ3n) is 4.83. The van der Waals surface area contributed by atoms with E-state index in [0.29, 0.717) is 17.5 Å². The first-order chi connectivity index (χ1) is 11.4. The highest BCUT2D eigenvalue weighted by atomic mass is 16.4. The summed E-state index contributed by atoms with van der Waals surface area (Å²) in [5.74, 6) is 1.11. The van der Waals surface area contributed by atoms with Gasteiger partial charge < -0.3 is 9.32 Å². The minimum atomic E-state index is 0.0523. The van der Waals surface area contributed by atoms with Crippen molar-refractivity contribution in [3.8, 4) is 11.6 Å². The molecule has 1 fully saturated rings. The Morgan fingerprint density at radius 1 is 1.12 bits per heavy atom. The molecular weight excluding hydrogens is 306 g/mol. The van der Waals surface area contributed by atoms with Crippen molar-refractivity contribution in [3.63, 3.8) is 0 Å². The lowest BCUT2D eigenvalue weighted by molar-refractivity contribution is -0.132. The molecular formula is C17H23N5O2. The monoisotopic (exact) mass is 329 g/mol. The summed E-state index contributed by atoms with van der Waals surface area (Å²) in [6.07, 6.45) is 1.87. The molecule has 2 aromatic heterocycles. The van der Waals surface area contributed by atoms with E-state index in [9.17, 15) is 4.79 Å². The average Bonchev–Trinajstić information content (AvgIpc) is 3.00. The van der Waals surface area contributed by atoms with E-state index in [1.54, 1.807) is 6.92 Å². The molecule has 3 rings (SSSR count). The highest BCUT2D eigenvalue weighted by molar-refractivity contribution is 5.73. The standard InChI is InChI=1S/C17H23N5O2/c1-9-10(2)19-15(11(3)18-9)17-21-20-16(24-17)14-7-6-8-22(12(14)4)13(5)23/h12,14H,6-8H2,1-5H3/t12-,14-/m0/s1. The molecule has 1 amide bonds. The second-order valence-electron chi connectivity index (χ2n) is 6.48. The first kappa shape index (κ1) is 16.5. The zero-order chi connectivity index (χ0) is 17.4. The predicted molar refractivity (Wildman–Crippen MR) is 88.4 cm³/mol. The fraction of sp³-hybridized carbons (Fsp3) is 0.588. The van der Waals surface area contributed by atoms with Crippen molar-refractivity contribution in [2.24, 2.45) is 0 Å². The molecule has 1 aliphatic heterocycles. The molecule has 2 aromatic rings. The molecule has 0 unspecified atom stereocenters. The van der Waals surface area contributed by atoms with Gasteiger partial charge in [-0.15, -0.1) is 10.2 Å². The molecule has 0 N–H and O–H groups in total. The van der Waals surface area contributed by atoms with Gasteiger partial charge in [0.1, 0.15) is 5.69 Å². The van der Waals surface area contributed by atoms with Gasteiger partial charge in [-0.05, 0) is 40.5 Å². The van der Waals surface area contributed by atoms with Gasteiger partial charge in [0.25, 0.3) is 5.89 Å². The lowest BCUT2D eigenvalue weighted by Gasteiger charge is -2.37. The van der Waals surface area contributed by atoms with E-state index >= 15 is 0 Å². The maximum absolute atomic E-state index is 11.8. The van der Waals surface area contributed by atoms with Crippen molar-refractivity contribution in [1.29, 1.82) is 0 Å². The Morgan fingerprint density at radius 3 is 2.54 bits per heavy atom. The van der Waals surface area contributed by atoms with Crippen molar-refractivity contribution in [1.82, 2.24) is 25.1 Å². The van der Waals surface area contributed by atoms with Crippen LogP contribution in [0.5, 0.6) is 0 Å². The molecule has 0 aliphatic carbocycles. The number of amides is 1. The van der Waals surface area contributed by atoms with Crippen molar-refractivity contribution in [2.45, 2.75) is 59.4 Å². The van der Waals surface area contributed by atoms with Crippen LogP contribution in [0.1, 0.15) is 55.6 Å². The number of carbonyl (C=O) groups excluding carboxylic acids is 1. The van der Waals surface area contributed by atoms with E-state index in [2.05, 4.69) is 20.2 Å². The van der Waals surface area contributed by atoms with Crippen LogP contribution in [0.2, 0.25) is 0 Å². The summed E-state index contributed by atoms with van der Waals surface area (Å²) in [5.41, 5.74) is 3.15. The number of hydrogen-bond acceptors (Lipinski definition) is 6. The first-order valence-electron chi connectivity index (χ1n) is 8.31. The first-order valence-corrected chi connectivity index (χ1v) is 8.31. The third-order valence-corrected chi connectivity index (χ3v) is 4.83. The van der Waals surface area contributed by atoms with Gasteiger partial charge in [-0.2, -0.15) is 0 Å². The number of hydrogen-bond donors (Lipinski definition) is 0. The summed E-state index contributed by atoms with van der Waals surface area (Å²) in [7, 11) is 0. The van der Waals surface area contributed by atoms with Crippen molar-refractivity contribution < 1.29 is 9.21 Å². The Bertz CT molecular complexity index is 770. The van der Waals surface area contributed by atoms with Gasteiger partial charge in [0.15, 0.2) is 0 Å². The summed E-state index contributed by atoms with van der Waals surface area (Å²) in [6, 6.07) is 0.0523. The Morgan fingerprint density at radius 2 is 1.83 bits per heavy atom. The minimum absolute atomic E-state index is 0.0523. The van der Waals surface area contributed by atoms with Crippen LogP contribution in [0, 0.1) is 20.8 Å². The van der Waals surface area contributed by atoms with Crippen LogP contribution in [0.4, 0.5) is 0 Å². The molecule has 1 aliphatic rings. The highest BCUT2D eigenvalue weighted by Crippen LogP contribution is 2.33. The van der Waals surface area contributed by atoms with Crippen LogP contribution in [0.25, 0.3) is 11.6 Å². The van der Waals surface area contributed by atoms with Crippen molar-refractivity contribution in [3.05, 3.63) is 23.0 Å². The van der Waals surface area contributed by atoms with Crippen LogP contribution in [-0.2, 0) is 4.79 Å². The lowest BCUT2D eigenvalue weighted by Crippen LogP contribution is -2.44. The van der Waals surface area contributed by atoms with Gasteiger partial charge in [-0.1, -0.05) is 0 Å². The van der Waals surface area contributed by atoms with Crippen LogP contribution < -0.4 is 0 Å². The van der Waals surface area contributed by atoms with Gasteiger partial charge in [0.05, 0.1) is 23.0 Å². The molecule has 24 heavy (non-hydrogen) atoms. The molecule has 2 atom stereocenters. The molecule has 0 aromatic carbocycles. The number of likely N-dealkylation sites (tertiary alicyclic amines) is 1. The summed E-state index contributed by atoms with van der Waals surface area (Å²) >= 11 is 0. The number of aryl methyl sites for hydroxylation is 3. The van der Waals surface area contributed by atoms with Gasteiger partial charge in [0.2, 0.25) is 11.8 Å². The number of rotatable bonds is 2. The molecule has 7 nitrogen and oxygen atoms in total. The maximum Gasteiger partial charge on any atom is 0.268 e.